The number of likely N-dealkylation sites (tertiary alicyclic amines) is 1. The summed E-state index contributed by atoms with van der Waals surface area (Å²) in [6.07, 6.45) is 1.36. The second kappa shape index (κ2) is 5.81. The highest BCUT2D eigenvalue weighted by Crippen LogP contribution is 2.24. The molecular weight excluding hydrogens is 258 g/mol. The zero-order chi connectivity index (χ0) is 14.7. The first-order valence-corrected chi connectivity index (χ1v) is 6.60. The maximum Gasteiger partial charge on any atom is 0.254 e. The molecule has 0 spiro atoms. The zero-order valence-corrected chi connectivity index (χ0v) is 11.4. The van der Waals surface area contributed by atoms with Crippen molar-refractivity contribution in [3.8, 4) is 5.75 Å². The Morgan fingerprint density at radius 1 is 1.40 bits per heavy atom. The van der Waals surface area contributed by atoms with Gasteiger partial charge in [-0.2, -0.15) is 0 Å². The third-order valence-electron chi connectivity index (χ3n) is 3.85. The fraction of sp³-hybridized carbons (Fsp3) is 0.429. The molecule has 2 rings (SSSR count). The third kappa shape index (κ3) is 2.68. The molecule has 1 heterocycles. The summed E-state index contributed by atoms with van der Waals surface area (Å²) in [5, 5.41) is 21.3. The molecular formula is C14H19N3O3. The van der Waals surface area contributed by atoms with Gasteiger partial charge in [0.15, 0.2) is 0 Å². The van der Waals surface area contributed by atoms with Crippen LogP contribution in [-0.2, 0) is 0 Å². The number of phenols is 1. The number of phenolic OH excluding ortho intramolecular Hbond substituents is 1. The molecule has 1 aromatic rings. The van der Waals surface area contributed by atoms with Crippen molar-refractivity contribution in [2.75, 3.05) is 13.1 Å². The molecule has 1 aromatic carbocycles. The molecule has 6 heteroatoms. The van der Waals surface area contributed by atoms with Crippen molar-refractivity contribution in [3.63, 3.8) is 0 Å². The first kappa shape index (κ1) is 14.2. The molecule has 1 aliphatic rings. The van der Waals surface area contributed by atoms with E-state index in [9.17, 15) is 9.90 Å². The summed E-state index contributed by atoms with van der Waals surface area (Å²) in [6.45, 7) is 2.86. The number of nitrogens with zero attached hydrogens (tertiary/aromatic N) is 2. The second-order valence-electron chi connectivity index (χ2n) is 5.04. The normalized spacial score (nSPS) is 17.2. The van der Waals surface area contributed by atoms with E-state index in [0.29, 0.717) is 37.1 Å². The quantitative estimate of drug-likeness (QED) is 0.328. The van der Waals surface area contributed by atoms with Crippen LogP contribution in [0.2, 0.25) is 0 Å². The molecule has 108 valence electrons. The van der Waals surface area contributed by atoms with Crippen LogP contribution in [0.1, 0.15) is 28.8 Å². The average molecular weight is 277 g/mol. The number of nitrogens with two attached hydrogens (primary N) is 1. The SMILES string of the molecule is Cc1c(O)cccc1C(=O)N1CCC(/C(N)=N/O)CC1. The first-order chi connectivity index (χ1) is 9.54. The van der Waals surface area contributed by atoms with E-state index < -0.39 is 0 Å². The number of amides is 1. The molecule has 1 amide bonds. The van der Waals surface area contributed by atoms with Crippen LogP contribution in [0.25, 0.3) is 0 Å². The van der Waals surface area contributed by atoms with Gasteiger partial charge in [0.1, 0.15) is 11.6 Å². The Kier molecular flexibility index (Phi) is 4.12. The van der Waals surface area contributed by atoms with Crippen LogP contribution in [-0.4, -0.2) is 40.0 Å². The van der Waals surface area contributed by atoms with Gasteiger partial charge in [0.2, 0.25) is 0 Å². The molecule has 0 atom stereocenters. The molecule has 4 N–H and O–H groups in total. The molecule has 20 heavy (non-hydrogen) atoms. The highest BCUT2D eigenvalue weighted by molar-refractivity contribution is 5.96. The summed E-state index contributed by atoms with van der Waals surface area (Å²) < 4.78 is 0. The minimum absolute atomic E-state index is 0.0225. The van der Waals surface area contributed by atoms with Gasteiger partial charge in [0.25, 0.3) is 5.91 Å². The minimum atomic E-state index is -0.0867. The van der Waals surface area contributed by atoms with Crippen LogP contribution in [0.15, 0.2) is 23.4 Å². The Morgan fingerprint density at radius 2 is 2.05 bits per heavy atom. The molecule has 1 aliphatic heterocycles. The summed E-state index contributed by atoms with van der Waals surface area (Å²) >= 11 is 0. The Bertz CT molecular complexity index is 534. The van der Waals surface area contributed by atoms with E-state index >= 15 is 0 Å². The molecule has 0 aliphatic carbocycles. The van der Waals surface area contributed by atoms with Crippen LogP contribution in [0, 0.1) is 12.8 Å². The van der Waals surface area contributed by atoms with Gasteiger partial charge in [0, 0.05) is 30.1 Å². The molecule has 0 unspecified atom stereocenters. The first-order valence-electron chi connectivity index (χ1n) is 6.60. The molecule has 0 bridgehead atoms. The molecule has 0 aromatic heterocycles. The fourth-order valence-electron chi connectivity index (χ4n) is 2.49. The van der Waals surface area contributed by atoms with E-state index in [1.54, 1.807) is 30.0 Å². The fourth-order valence-corrected chi connectivity index (χ4v) is 2.49. The van der Waals surface area contributed by atoms with Gasteiger partial charge in [-0.3, -0.25) is 4.79 Å². The number of aromatic hydroxyl groups is 1. The summed E-state index contributed by atoms with van der Waals surface area (Å²) in [5.74, 6) is 0.290. The maximum absolute atomic E-state index is 12.4. The van der Waals surface area contributed by atoms with E-state index in [1.165, 1.54) is 0 Å². The topological polar surface area (TPSA) is 99.2 Å². The van der Waals surface area contributed by atoms with Crippen molar-refractivity contribution in [1.29, 1.82) is 0 Å². The molecule has 0 radical (unpaired) electrons. The summed E-state index contributed by atoms with van der Waals surface area (Å²) in [4.78, 5) is 14.2. The summed E-state index contributed by atoms with van der Waals surface area (Å²) in [5.41, 5.74) is 6.70. The van der Waals surface area contributed by atoms with Crippen molar-refractivity contribution in [3.05, 3.63) is 29.3 Å². The highest BCUT2D eigenvalue weighted by atomic mass is 16.4. The monoisotopic (exact) mass is 277 g/mol. The van der Waals surface area contributed by atoms with Gasteiger partial charge < -0.3 is 20.9 Å². The van der Waals surface area contributed by atoms with Gasteiger partial charge in [-0.05, 0) is 31.9 Å². The van der Waals surface area contributed by atoms with Crippen molar-refractivity contribution >= 4 is 11.7 Å². The number of hydrogen-bond donors (Lipinski definition) is 3. The number of amidine groups is 1. The average Bonchev–Trinajstić information content (AvgIpc) is 2.48. The van der Waals surface area contributed by atoms with Gasteiger partial charge in [-0.25, -0.2) is 0 Å². The zero-order valence-electron chi connectivity index (χ0n) is 11.4. The second-order valence-corrected chi connectivity index (χ2v) is 5.04. The Morgan fingerprint density at radius 3 is 2.65 bits per heavy atom. The molecule has 6 nitrogen and oxygen atoms in total. The van der Waals surface area contributed by atoms with Gasteiger partial charge >= 0.3 is 0 Å². The Labute approximate surface area is 117 Å². The molecule has 0 saturated carbocycles. The van der Waals surface area contributed by atoms with E-state index in [1.807, 2.05) is 0 Å². The predicted octanol–water partition coefficient (Wildman–Crippen LogP) is 1.30. The number of oxime groups is 1. The van der Waals surface area contributed by atoms with E-state index in [4.69, 9.17) is 10.9 Å². The van der Waals surface area contributed by atoms with Crippen LogP contribution in [0.4, 0.5) is 0 Å². The lowest BCUT2D eigenvalue weighted by Gasteiger charge is -2.31. The maximum atomic E-state index is 12.4. The predicted molar refractivity (Wildman–Crippen MR) is 74.9 cm³/mol. The van der Waals surface area contributed by atoms with E-state index in [0.717, 1.165) is 0 Å². The van der Waals surface area contributed by atoms with Crippen LogP contribution in [0.5, 0.6) is 5.75 Å². The van der Waals surface area contributed by atoms with Crippen molar-refractivity contribution < 1.29 is 15.1 Å². The number of benzene rings is 1. The lowest BCUT2D eigenvalue weighted by Crippen LogP contribution is -2.42. The van der Waals surface area contributed by atoms with Gasteiger partial charge in [0.05, 0.1) is 0 Å². The summed E-state index contributed by atoms with van der Waals surface area (Å²) in [6, 6.07) is 4.95. The number of rotatable bonds is 2. The van der Waals surface area contributed by atoms with Crippen LogP contribution >= 0.6 is 0 Å². The van der Waals surface area contributed by atoms with Crippen molar-refractivity contribution in [2.45, 2.75) is 19.8 Å². The standard InChI is InChI=1S/C14H19N3O3/c1-9-11(3-2-4-12(9)18)14(19)17-7-5-10(6-8-17)13(15)16-20/h2-4,10,18,20H,5-8H2,1H3,(H2,15,16). The van der Waals surface area contributed by atoms with E-state index in [2.05, 4.69) is 5.16 Å². The number of carbonyl (C=O) groups excluding carboxylic acids is 1. The lowest BCUT2D eigenvalue weighted by molar-refractivity contribution is 0.0708. The highest BCUT2D eigenvalue weighted by Gasteiger charge is 2.26. The number of hydrogen-bond acceptors (Lipinski definition) is 4. The van der Waals surface area contributed by atoms with Gasteiger partial charge in [-0.15, -0.1) is 0 Å². The Hall–Kier alpha value is -2.24. The molecule has 1 fully saturated rings. The smallest absolute Gasteiger partial charge is 0.254 e. The minimum Gasteiger partial charge on any atom is -0.508 e. The van der Waals surface area contributed by atoms with Crippen molar-refractivity contribution in [1.82, 2.24) is 4.90 Å². The third-order valence-corrected chi connectivity index (χ3v) is 3.85. The number of piperidine rings is 1. The lowest BCUT2D eigenvalue weighted by atomic mass is 9.95. The van der Waals surface area contributed by atoms with E-state index in [-0.39, 0.29) is 23.4 Å². The summed E-state index contributed by atoms with van der Waals surface area (Å²) in [7, 11) is 0. The van der Waals surface area contributed by atoms with Gasteiger partial charge in [-0.1, -0.05) is 11.2 Å². The largest absolute Gasteiger partial charge is 0.508 e. The Balaban J connectivity index is 2.07. The van der Waals surface area contributed by atoms with Crippen LogP contribution < -0.4 is 5.73 Å². The van der Waals surface area contributed by atoms with Crippen molar-refractivity contribution in [2.24, 2.45) is 16.8 Å². The number of carbonyl (C=O) groups is 1. The molecule has 1 saturated heterocycles. The van der Waals surface area contributed by atoms with Crippen LogP contribution in [0.3, 0.4) is 0 Å².